The first kappa shape index (κ1) is 22.4. The Morgan fingerprint density at radius 1 is 1.14 bits per heavy atom. The predicted octanol–water partition coefficient (Wildman–Crippen LogP) is 2.37. The number of rotatable bonds is 6. The monoisotopic (exact) mass is 501 g/mol. The summed E-state index contributed by atoms with van der Waals surface area (Å²) in [7, 11) is 0. The number of carbonyl (C=O) groups is 1. The highest BCUT2D eigenvalue weighted by Crippen LogP contribution is 2.69. The Morgan fingerprint density at radius 2 is 1.97 bits per heavy atom. The molecule has 9 rings (SSSR count). The molecule has 0 unspecified atom stereocenters. The molecule has 194 valence electrons. The molecule has 3 aliphatic carbocycles. The van der Waals surface area contributed by atoms with E-state index in [2.05, 4.69) is 21.6 Å². The molecule has 7 heteroatoms. The molecule has 4 N–H and O–H groups in total. The van der Waals surface area contributed by atoms with E-state index in [-0.39, 0.29) is 35.1 Å². The van der Waals surface area contributed by atoms with Gasteiger partial charge >= 0.3 is 0 Å². The maximum absolute atomic E-state index is 13.2. The molecule has 2 spiro atoms. The van der Waals surface area contributed by atoms with Gasteiger partial charge in [0.05, 0.1) is 5.41 Å². The third-order valence-corrected chi connectivity index (χ3v) is 10.7. The van der Waals surface area contributed by atoms with Crippen LogP contribution in [0.1, 0.15) is 55.2 Å². The summed E-state index contributed by atoms with van der Waals surface area (Å²) in [4.78, 5) is 15.9. The van der Waals surface area contributed by atoms with Gasteiger partial charge in [0.1, 0.15) is 11.7 Å². The van der Waals surface area contributed by atoms with Crippen molar-refractivity contribution in [3.8, 4) is 11.5 Å². The number of ether oxygens (including phenoxy) is 1. The molecule has 2 aromatic carbocycles. The average molecular weight is 502 g/mol. The largest absolute Gasteiger partial charge is 0.504 e. The van der Waals surface area contributed by atoms with Gasteiger partial charge in [-0.2, -0.15) is 0 Å². The first-order chi connectivity index (χ1) is 17.9. The maximum Gasteiger partial charge on any atom is 0.221 e. The van der Waals surface area contributed by atoms with Crippen molar-refractivity contribution in [1.82, 2.24) is 15.5 Å². The second-order valence-corrected chi connectivity index (χ2v) is 12.5. The first-order valence-corrected chi connectivity index (χ1v) is 14.0. The normalized spacial score (nSPS) is 38.7. The van der Waals surface area contributed by atoms with E-state index in [0.717, 1.165) is 49.4 Å². The number of amides is 1. The Labute approximate surface area is 217 Å². The Bertz CT molecular complexity index is 1280. The van der Waals surface area contributed by atoms with Gasteiger partial charge in [0, 0.05) is 42.7 Å². The second-order valence-electron chi connectivity index (χ2n) is 12.5. The zero-order valence-corrected chi connectivity index (χ0v) is 21.1. The average Bonchev–Trinajstić information content (AvgIpc) is 3.64. The van der Waals surface area contributed by atoms with E-state index in [1.165, 1.54) is 18.4 Å². The van der Waals surface area contributed by atoms with Gasteiger partial charge in [0.2, 0.25) is 5.91 Å². The summed E-state index contributed by atoms with van der Waals surface area (Å²) in [6, 6.07) is 13.6. The molecular formula is C30H35N3O4. The topological polar surface area (TPSA) is 94.1 Å². The van der Waals surface area contributed by atoms with Gasteiger partial charge in [0.25, 0.3) is 0 Å². The lowest BCUT2D eigenvalue weighted by Gasteiger charge is -2.73. The van der Waals surface area contributed by atoms with Crippen molar-refractivity contribution in [3.63, 3.8) is 0 Å². The van der Waals surface area contributed by atoms with Crippen molar-refractivity contribution in [1.29, 1.82) is 0 Å². The van der Waals surface area contributed by atoms with Crippen LogP contribution in [0.4, 0.5) is 0 Å². The summed E-state index contributed by atoms with van der Waals surface area (Å²) in [6.45, 7) is 2.58. The number of nitrogens with zero attached hydrogens (tertiary/aromatic N) is 1. The fourth-order valence-electron chi connectivity index (χ4n) is 8.94. The van der Waals surface area contributed by atoms with Crippen molar-refractivity contribution in [2.24, 2.45) is 5.92 Å². The highest BCUT2D eigenvalue weighted by atomic mass is 16.5. The molecular weight excluding hydrogens is 466 g/mol. The lowest BCUT2D eigenvalue weighted by molar-refractivity contribution is -0.234. The number of aromatic hydroxyl groups is 1. The van der Waals surface area contributed by atoms with Crippen LogP contribution < -0.4 is 15.4 Å². The molecule has 0 aromatic heterocycles. The van der Waals surface area contributed by atoms with Crippen molar-refractivity contribution < 1.29 is 19.7 Å². The van der Waals surface area contributed by atoms with Crippen LogP contribution in [0.15, 0.2) is 42.5 Å². The van der Waals surface area contributed by atoms with Gasteiger partial charge in [-0.1, -0.05) is 36.4 Å². The molecule has 4 bridgehead atoms. The highest BCUT2D eigenvalue weighted by Gasteiger charge is 2.80. The van der Waals surface area contributed by atoms with E-state index in [9.17, 15) is 15.0 Å². The van der Waals surface area contributed by atoms with E-state index in [0.29, 0.717) is 18.7 Å². The Morgan fingerprint density at radius 3 is 2.78 bits per heavy atom. The third kappa shape index (κ3) is 2.85. The quantitative estimate of drug-likeness (QED) is 0.486. The number of likely N-dealkylation sites (tertiary alicyclic amines) is 1. The van der Waals surface area contributed by atoms with Crippen LogP contribution in [0.3, 0.4) is 0 Å². The lowest BCUT2D eigenvalue weighted by atomic mass is 9.41. The molecule has 7 nitrogen and oxygen atoms in total. The summed E-state index contributed by atoms with van der Waals surface area (Å²) >= 11 is 0. The molecule has 1 amide bonds. The number of aliphatic hydroxyl groups is 1. The van der Waals surface area contributed by atoms with Crippen molar-refractivity contribution in [2.75, 3.05) is 13.1 Å². The molecule has 0 radical (unpaired) electrons. The standard InChI is InChI=1S/C30H35N3O4/c34-21-9-8-20-14-23-30-11-10-29(36,22(32-30)15-24(35)31-16-18-4-2-1-3-5-18)27-28(30,25(20)26(21)37-27)12-13-33(23)17-19-6-7-19/h1-5,8-9,19,22-23,27,32,34,36H,6-7,10-17H2,(H,31,35)/t22-,23+,27+,28-,29+,30+/m0/s1. The minimum absolute atomic E-state index is 0.0670. The van der Waals surface area contributed by atoms with Gasteiger partial charge in [-0.05, 0) is 68.2 Å². The molecule has 2 aromatic rings. The highest BCUT2D eigenvalue weighted by molar-refractivity contribution is 5.77. The summed E-state index contributed by atoms with van der Waals surface area (Å²) in [5.41, 5.74) is 1.57. The Hall–Kier alpha value is -2.61. The maximum atomic E-state index is 13.2. The number of piperidine rings is 3. The van der Waals surface area contributed by atoms with E-state index >= 15 is 0 Å². The van der Waals surface area contributed by atoms with Crippen LogP contribution in [-0.2, 0) is 23.2 Å². The molecule has 6 atom stereocenters. The Balaban J connectivity index is 1.17. The third-order valence-electron chi connectivity index (χ3n) is 10.7. The smallest absolute Gasteiger partial charge is 0.221 e. The molecule has 5 fully saturated rings. The number of hydrogen-bond donors (Lipinski definition) is 4. The van der Waals surface area contributed by atoms with Crippen molar-refractivity contribution in [2.45, 2.75) is 86.2 Å². The minimum Gasteiger partial charge on any atom is -0.504 e. The molecule has 2 saturated carbocycles. The van der Waals surface area contributed by atoms with Crippen LogP contribution in [-0.4, -0.2) is 63.4 Å². The van der Waals surface area contributed by atoms with Crippen molar-refractivity contribution >= 4 is 5.91 Å². The summed E-state index contributed by atoms with van der Waals surface area (Å²) in [5, 5.41) is 30.2. The van der Waals surface area contributed by atoms with E-state index in [1.807, 2.05) is 30.3 Å². The second kappa shape index (κ2) is 7.49. The van der Waals surface area contributed by atoms with Crippen LogP contribution in [0, 0.1) is 5.92 Å². The number of fused-ring (bicyclic) bond motifs is 2. The zero-order valence-electron chi connectivity index (χ0n) is 21.1. The van der Waals surface area contributed by atoms with Crippen LogP contribution in [0.2, 0.25) is 0 Å². The minimum atomic E-state index is -1.19. The van der Waals surface area contributed by atoms with Crippen LogP contribution >= 0.6 is 0 Å². The number of benzene rings is 2. The van der Waals surface area contributed by atoms with Gasteiger partial charge in [-0.25, -0.2) is 0 Å². The number of phenols is 1. The molecule has 7 aliphatic rings. The van der Waals surface area contributed by atoms with E-state index in [1.54, 1.807) is 6.07 Å². The summed E-state index contributed by atoms with van der Waals surface area (Å²) in [5.74, 6) is 1.46. The van der Waals surface area contributed by atoms with Crippen LogP contribution in [0.5, 0.6) is 11.5 Å². The zero-order chi connectivity index (χ0) is 25.0. The molecule has 4 heterocycles. The number of hydrogen-bond acceptors (Lipinski definition) is 6. The summed E-state index contributed by atoms with van der Waals surface area (Å²) < 4.78 is 6.62. The van der Waals surface area contributed by atoms with E-state index < -0.39 is 17.7 Å². The SMILES string of the molecule is O=C(C[C@@H]1N[C@@]23CC[C@]1(O)[C@@H]1Oc4c(O)ccc5c4[C@@]12CCN(CC1CC1)[C@@H]3C5)NCc1ccccc1. The fourth-order valence-corrected chi connectivity index (χ4v) is 8.94. The first-order valence-electron chi connectivity index (χ1n) is 14.0. The molecule has 3 saturated heterocycles. The Kier molecular flexibility index (Phi) is 4.53. The number of nitrogens with one attached hydrogen (secondary N) is 2. The number of carbonyl (C=O) groups excluding carboxylic acids is 1. The van der Waals surface area contributed by atoms with Crippen LogP contribution in [0.25, 0.3) is 0 Å². The molecule has 4 aliphatic heterocycles. The van der Waals surface area contributed by atoms with Crippen molar-refractivity contribution in [3.05, 3.63) is 59.2 Å². The predicted molar refractivity (Wildman–Crippen MR) is 137 cm³/mol. The number of phenolic OH excluding ortho intramolecular Hbond substituents is 1. The van der Waals surface area contributed by atoms with E-state index in [4.69, 9.17) is 4.74 Å². The van der Waals surface area contributed by atoms with Gasteiger partial charge in [-0.3, -0.25) is 9.69 Å². The fraction of sp³-hybridized carbons (Fsp3) is 0.567. The lowest BCUT2D eigenvalue weighted by Crippen LogP contribution is -2.91. The summed E-state index contributed by atoms with van der Waals surface area (Å²) in [6.07, 6.45) is 5.63. The van der Waals surface area contributed by atoms with Gasteiger partial charge in [-0.15, -0.1) is 0 Å². The van der Waals surface area contributed by atoms with Gasteiger partial charge in [0.15, 0.2) is 11.5 Å². The van der Waals surface area contributed by atoms with Gasteiger partial charge < -0.3 is 25.6 Å². The molecule has 37 heavy (non-hydrogen) atoms.